The Labute approximate surface area is 173 Å². The van der Waals surface area contributed by atoms with Gasteiger partial charge in [-0.25, -0.2) is 13.2 Å². The summed E-state index contributed by atoms with van der Waals surface area (Å²) in [5.74, 6) is -4.71. The predicted octanol–water partition coefficient (Wildman–Crippen LogP) is 4.45. The van der Waals surface area contributed by atoms with Crippen molar-refractivity contribution >= 4 is 17.5 Å². The van der Waals surface area contributed by atoms with Gasteiger partial charge in [0.1, 0.15) is 5.75 Å². The molecule has 0 radical (unpaired) electrons. The number of nitrogens with one attached hydrogen (secondary N) is 1. The SMILES string of the molecule is CCCN(CC(=O)Nc1ccc(F)c(F)c1F)C(=O)CCCOc1cccc(C)c1. The molecule has 2 rings (SSSR count). The minimum absolute atomic E-state index is 0.179. The number of nitrogens with zero attached hydrogens (tertiary/aromatic N) is 1. The Balaban J connectivity index is 1.85. The van der Waals surface area contributed by atoms with Crippen LogP contribution in [0.3, 0.4) is 0 Å². The number of rotatable bonds is 10. The molecule has 0 spiro atoms. The van der Waals surface area contributed by atoms with E-state index in [0.29, 0.717) is 26.0 Å². The largest absolute Gasteiger partial charge is 0.494 e. The maximum Gasteiger partial charge on any atom is 0.244 e. The summed E-state index contributed by atoms with van der Waals surface area (Å²) in [5.41, 5.74) is 0.593. The molecule has 0 saturated carbocycles. The Morgan fingerprint density at radius 3 is 2.57 bits per heavy atom. The van der Waals surface area contributed by atoms with E-state index in [9.17, 15) is 22.8 Å². The first-order valence-electron chi connectivity index (χ1n) is 9.72. The lowest BCUT2D eigenvalue weighted by molar-refractivity contribution is -0.134. The zero-order valence-corrected chi connectivity index (χ0v) is 17.0. The number of hydrogen-bond donors (Lipinski definition) is 1. The lowest BCUT2D eigenvalue weighted by Gasteiger charge is -2.22. The number of benzene rings is 2. The fourth-order valence-electron chi connectivity index (χ4n) is 2.82. The topological polar surface area (TPSA) is 58.6 Å². The van der Waals surface area contributed by atoms with Gasteiger partial charge in [0, 0.05) is 13.0 Å². The Bertz CT molecular complexity index is 890. The van der Waals surface area contributed by atoms with Crippen LogP contribution < -0.4 is 10.1 Å². The molecular weight excluding hydrogens is 397 g/mol. The number of aryl methyl sites for hydroxylation is 1. The van der Waals surface area contributed by atoms with Gasteiger partial charge in [-0.15, -0.1) is 0 Å². The van der Waals surface area contributed by atoms with Gasteiger partial charge in [-0.2, -0.15) is 0 Å². The van der Waals surface area contributed by atoms with Gasteiger partial charge < -0.3 is 15.0 Å². The molecule has 0 bridgehead atoms. The third kappa shape index (κ3) is 6.79. The number of halogens is 3. The Morgan fingerprint density at radius 1 is 1.10 bits per heavy atom. The van der Waals surface area contributed by atoms with E-state index in [1.165, 1.54) is 4.90 Å². The van der Waals surface area contributed by atoms with Gasteiger partial charge in [0.25, 0.3) is 0 Å². The van der Waals surface area contributed by atoms with Crippen LogP contribution in [-0.2, 0) is 9.59 Å². The molecule has 162 valence electrons. The molecule has 0 unspecified atom stereocenters. The number of anilines is 1. The molecule has 30 heavy (non-hydrogen) atoms. The van der Waals surface area contributed by atoms with Crippen LogP contribution >= 0.6 is 0 Å². The first kappa shape index (κ1) is 23.3. The molecule has 0 atom stereocenters. The Hall–Kier alpha value is -3.03. The molecular formula is C22H25F3N2O3. The van der Waals surface area contributed by atoms with Crippen LogP contribution in [-0.4, -0.2) is 36.4 Å². The van der Waals surface area contributed by atoms with E-state index in [1.54, 1.807) is 0 Å². The monoisotopic (exact) mass is 422 g/mol. The molecule has 2 aromatic carbocycles. The molecule has 5 nitrogen and oxygen atoms in total. The molecule has 2 amide bonds. The molecule has 0 saturated heterocycles. The highest BCUT2D eigenvalue weighted by molar-refractivity contribution is 5.94. The average Bonchev–Trinajstić information content (AvgIpc) is 2.71. The fourth-order valence-corrected chi connectivity index (χ4v) is 2.82. The second-order valence-corrected chi connectivity index (χ2v) is 6.85. The van der Waals surface area contributed by atoms with E-state index in [0.717, 1.165) is 23.4 Å². The standard InChI is InChI=1S/C22H25F3N2O3/c1-3-11-27(14-19(28)26-18-10-9-17(23)21(24)22(18)25)20(29)8-5-12-30-16-7-4-6-15(2)13-16/h4,6-7,9-10,13H,3,5,8,11-12,14H2,1-2H3,(H,26,28). The number of carbonyl (C=O) groups excluding carboxylic acids is 2. The first-order valence-corrected chi connectivity index (χ1v) is 9.72. The van der Waals surface area contributed by atoms with Crippen LogP contribution in [0.4, 0.5) is 18.9 Å². The number of ether oxygens (including phenoxy) is 1. The Morgan fingerprint density at radius 2 is 1.87 bits per heavy atom. The van der Waals surface area contributed by atoms with Crippen molar-refractivity contribution in [1.82, 2.24) is 4.90 Å². The van der Waals surface area contributed by atoms with Crippen molar-refractivity contribution in [3.8, 4) is 5.75 Å². The average molecular weight is 422 g/mol. The second-order valence-electron chi connectivity index (χ2n) is 6.85. The number of hydrogen-bond acceptors (Lipinski definition) is 3. The molecule has 8 heteroatoms. The highest BCUT2D eigenvalue weighted by atomic mass is 19.2. The molecule has 0 aliphatic rings. The molecule has 0 aliphatic carbocycles. The minimum atomic E-state index is -1.66. The minimum Gasteiger partial charge on any atom is -0.494 e. The van der Waals surface area contributed by atoms with Crippen molar-refractivity contribution in [1.29, 1.82) is 0 Å². The van der Waals surface area contributed by atoms with Gasteiger partial charge in [0.15, 0.2) is 17.5 Å². The van der Waals surface area contributed by atoms with Crippen molar-refractivity contribution in [2.45, 2.75) is 33.1 Å². The van der Waals surface area contributed by atoms with Crippen molar-refractivity contribution < 1.29 is 27.5 Å². The van der Waals surface area contributed by atoms with Crippen molar-refractivity contribution in [3.05, 3.63) is 59.4 Å². The summed E-state index contributed by atoms with van der Waals surface area (Å²) >= 11 is 0. The summed E-state index contributed by atoms with van der Waals surface area (Å²) in [5, 5.41) is 2.18. The summed E-state index contributed by atoms with van der Waals surface area (Å²) in [6, 6.07) is 9.22. The highest BCUT2D eigenvalue weighted by Crippen LogP contribution is 2.19. The lowest BCUT2D eigenvalue weighted by Crippen LogP contribution is -2.38. The van der Waals surface area contributed by atoms with Crippen molar-refractivity contribution in [2.75, 3.05) is 25.0 Å². The smallest absolute Gasteiger partial charge is 0.244 e. The molecule has 0 heterocycles. The molecule has 0 aromatic heterocycles. The van der Waals surface area contributed by atoms with E-state index in [-0.39, 0.29) is 18.9 Å². The van der Waals surface area contributed by atoms with E-state index >= 15 is 0 Å². The van der Waals surface area contributed by atoms with E-state index in [4.69, 9.17) is 4.74 Å². The first-order chi connectivity index (χ1) is 14.3. The van der Waals surface area contributed by atoms with Gasteiger partial charge in [0.05, 0.1) is 18.8 Å². The summed E-state index contributed by atoms with van der Waals surface area (Å²) in [6.07, 6.45) is 1.27. The van der Waals surface area contributed by atoms with Gasteiger partial charge in [-0.05, 0) is 49.6 Å². The number of carbonyl (C=O) groups is 2. The van der Waals surface area contributed by atoms with Crippen LogP contribution in [0.15, 0.2) is 36.4 Å². The fraction of sp³-hybridized carbons (Fsp3) is 0.364. The predicted molar refractivity (Wildman–Crippen MR) is 108 cm³/mol. The van der Waals surface area contributed by atoms with E-state index in [2.05, 4.69) is 5.32 Å². The lowest BCUT2D eigenvalue weighted by atomic mass is 10.2. The molecule has 0 fully saturated rings. The van der Waals surface area contributed by atoms with Crippen LogP contribution in [0.1, 0.15) is 31.7 Å². The zero-order chi connectivity index (χ0) is 22.1. The van der Waals surface area contributed by atoms with Crippen LogP contribution in [0.5, 0.6) is 5.75 Å². The van der Waals surface area contributed by atoms with Gasteiger partial charge in [0.2, 0.25) is 11.8 Å². The van der Waals surface area contributed by atoms with Crippen LogP contribution in [0.25, 0.3) is 0 Å². The maximum atomic E-state index is 13.7. The number of amides is 2. The Kier molecular flexibility index (Phi) is 8.70. The molecule has 0 aliphatic heterocycles. The van der Waals surface area contributed by atoms with E-state index in [1.807, 2.05) is 38.1 Å². The van der Waals surface area contributed by atoms with E-state index < -0.39 is 29.0 Å². The summed E-state index contributed by atoms with van der Waals surface area (Å²) in [4.78, 5) is 26.0. The summed E-state index contributed by atoms with van der Waals surface area (Å²) in [6.45, 7) is 4.18. The van der Waals surface area contributed by atoms with Gasteiger partial charge >= 0.3 is 0 Å². The molecule has 1 N–H and O–H groups in total. The molecule has 2 aromatic rings. The maximum absolute atomic E-state index is 13.7. The zero-order valence-electron chi connectivity index (χ0n) is 17.0. The van der Waals surface area contributed by atoms with Crippen LogP contribution in [0.2, 0.25) is 0 Å². The normalized spacial score (nSPS) is 10.6. The summed E-state index contributed by atoms with van der Waals surface area (Å²) in [7, 11) is 0. The van der Waals surface area contributed by atoms with Gasteiger partial charge in [-0.1, -0.05) is 19.1 Å². The quantitative estimate of drug-likeness (QED) is 0.455. The third-order valence-electron chi connectivity index (χ3n) is 4.28. The van der Waals surface area contributed by atoms with Crippen molar-refractivity contribution in [2.24, 2.45) is 0 Å². The van der Waals surface area contributed by atoms with Crippen LogP contribution in [0, 0.1) is 24.4 Å². The van der Waals surface area contributed by atoms with Crippen molar-refractivity contribution in [3.63, 3.8) is 0 Å². The second kappa shape index (κ2) is 11.2. The third-order valence-corrected chi connectivity index (χ3v) is 4.28. The summed E-state index contributed by atoms with van der Waals surface area (Å²) < 4.78 is 45.6. The highest BCUT2D eigenvalue weighted by Gasteiger charge is 2.19. The van der Waals surface area contributed by atoms with Gasteiger partial charge in [-0.3, -0.25) is 9.59 Å².